The Morgan fingerprint density at radius 1 is 1.00 bits per heavy atom. The van der Waals surface area contributed by atoms with Gasteiger partial charge in [0.2, 0.25) is 0 Å². The number of fused-ring (bicyclic) bond motifs is 5. The van der Waals surface area contributed by atoms with Gasteiger partial charge in [0.1, 0.15) is 5.78 Å². The number of carbonyl (C=O) groups excluding carboxylic acids is 2. The summed E-state index contributed by atoms with van der Waals surface area (Å²) in [7, 11) is 0. The topological polar surface area (TPSA) is 54.4 Å². The highest BCUT2D eigenvalue weighted by Gasteiger charge is 2.56. The fraction of sp³-hybridized carbons (Fsp3) is 0.778. The zero-order valence-electron chi connectivity index (χ0n) is 12.7. The van der Waals surface area contributed by atoms with E-state index in [0.29, 0.717) is 35.9 Å². The Labute approximate surface area is 125 Å². The smallest absolute Gasteiger partial charge is 0.197 e. The average Bonchev–Trinajstić information content (AvgIpc) is 2.78. The number of hydrogen-bond acceptors (Lipinski definition) is 3. The highest BCUT2D eigenvalue weighted by atomic mass is 16.3. The lowest BCUT2D eigenvalue weighted by atomic mass is 9.52. The van der Waals surface area contributed by atoms with Crippen molar-refractivity contribution >= 4 is 11.6 Å². The van der Waals surface area contributed by atoms with Crippen molar-refractivity contribution in [2.45, 2.75) is 58.3 Å². The molecule has 4 rings (SSSR count). The molecule has 21 heavy (non-hydrogen) atoms. The van der Waals surface area contributed by atoms with Crippen LogP contribution in [-0.4, -0.2) is 16.7 Å². The number of rotatable bonds is 0. The van der Waals surface area contributed by atoms with Crippen LogP contribution in [-0.2, 0) is 9.59 Å². The first-order valence-electron chi connectivity index (χ1n) is 8.51. The van der Waals surface area contributed by atoms with Crippen LogP contribution in [0.4, 0.5) is 0 Å². The molecule has 0 aromatic carbocycles. The largest absolute Gasteiger partial charge is 0.504 e. The minimum Gasteiger partial charge on any atom is -0.504 e. The number of aliphatic hydroxyl groups is 1. The second kappa shape index (κ2) is 4.44. The van der Waals surface area contributed by atoms with E-state index in [1.165, 1.54) is 0 Å². The molecule has 0 spiro atoms. The molecule has 0 aromatic heterocycles. The van der Waals surface area contributed by atoms with Crippen molar-refractivity contribution in [2.75, 3.05) is 0 Å². The van der Waals surface area contributed by atoms with Crippen LogP contribution in [0.2, 0.25) is 0 Å². The molecule has 0 aliphatic heterocycles. The Hall–Kier alpha value is -1.12. The zero-order valence-corrected chi connectivity index (χ0v) is 12.7. The van der Waals surface area contributed by atoms with Gasteiger partial charge in [-0.15, -0.1) is 0 Å². The molecule has 5 atom stereocenters. The molecule has 0 bridgehead atoms. The molecule has 0 saturated heterocycles. The molecule has 0 amide bonds. The molecule has 0 radical (unpaired) electrons. The number of allylic oxidation sites excluding steroid dienone is 1. The molecule has 4 unspecified atom stereocenters. The lowest BCUT2D eigenvalue weighted by molar-refractivity contribution is -0.131. The fourth-order valence-corrected chi connectivity index (χ4v) is 6.04. The van der Waals surface area contributed by atoms with Crippen molar-refractivity contribution < 1.29 is 14.7 Å². The van der Waals surface area contributed by atoms with E-state index in [2.05, 4.69) is 6.92 Å². The van der Waals surface area contributed by atoms with Gasteiger partial charge in [0.15, 0.2) is 11.5 Å². The summed E-state index contributed by atoms with van der Waals surface area (Å²) in [5.74, 6) is 2.68. The minimum atomic E-state index is -0.0745. The molecule has 3 heteroatoms. The third-order valence-corrected chi connectivity index (χ3v) is 7.16. The van der Waals surface area contributed by atoms with Gasteiger partial charge in [-0.2, -0.15) is 0 Å². The van der Waals surface area contributed by atoms with Gasteiger partial charge in [0, 0.05) is 18.3 Å². The van der Waals surface area contributed by atoms with Crippen molar-refractivity contribution in [1.82, 2.24) is 0 Å². The van der Waals surface area contributed by atoms with Crippen LogP contribution in [0.25, 0.3) is 0 Å². The van der Waals surface area contributed by atoms with E-state index in [1.807, 2.05) is 0 Å². The molecular weight excluding hydrogens is 264 g/mol. The third kappa shape index (κ3) is 1.72. The second-order valence-electron chi connectivity index (χ2n) is 7.83. The molecule has 0 heterocycles. The van der Waals surface area contributed by atoms with Crippen molar-refractivity contribution in [3.63, 3.8) is 0 Å². The van der Waals surface area contributed by atoms with Gasteiger partial charge in [0.25, 0.3) is 0 Å². The summed E-state index contributed by atoms with van der Waals surface area (Å²) < 4.78 is 0. The number of carbonyl (C=O) groups is 2. The molecule has 3 fully saturated rings. The number of aliphatic hydroxyl groups excluding tert-OH is 1. The highest BCUT2D eigenvalue weighted by Crippen LogP contribution is 2.60. The van der Waals surface area contributed by atoms with Crippen LogP contribution < -0.4 is 0 Å². The number of ketones is 2. The van der Waals surface area contributed by atoms with Crippen molar-refractivity contribution in [2.24, 2.45) is 29.1 Å². The molecule has 4 aliphatic carbocycles. The standard InChI is InChI=1S/C18H24O3/c1-18-9-8-11-10-4-6-15(19)17(21)13(10)3-2-12(11)14(18)5-7-16(18)20/h10-12,14,21H,2-9H2,1H3/t10?,11?,12?,14?,18-/m0/s1. The number of Topliss-reactive ketones (excluding diaryl/α,β-unsaturated/α-hetero) is 2. The summed E-state index contributed by atoms with van der Waals surface area (Å²) in [6, 6.07) is 0. The average molecular weight is 288 g/mol. The maximum absolute atomic E-state index is 12.3. The van der Waals surface area contributed by atoms with E-state index in [4.69, 9.17) is 0 Å². The Kier molecular flexibility index (Phi) is 2.86. The summed E-state index contributed by atoms with van der Waals surface area (Å²) in [4.78, 5) is 24.0. The highest BCUT2D eigenvalue weighted by molar-refractivity contribution is 5.94. The van der Waals surface area contributed by atoms with Gasteiger partial charge in [0.05, 0.1) is 0 Å². The molecule has 4 aliphatic rings. The van der Waals surface area contributed by atoms with Crippen molar-refractivity contribution in [3.05, 3.63) is 11.3 Å². The van der Waals surface area contributed by atoms with E-state index in [0.717, 1.165) is 50.5 Å². The Morgan fingerprint density at radius 3 is 2.62 bits per heavy atom. The molecular formula is C18H24O3. The van der Waals surface area contributed by atoms with E-state index in [1.54, 1.807) is 0 Å². The van der Waals surface area contributed by atoms with E-state index < -0.39 is 0 Å². The fourth-order valence-electron chi connectivity index (χ4n) is 6.04. The summed E-state index contributed by atoms with van der Waals surface area (Å²) in [5, 5.41) is 10.1. The quantitative estimate of drug-likeness (QED) is 0.741. The minimum absolute atomic E-state index is 0.0589. The van der Waals surface area contributed by atoms with Crippen LogP contribution in [0.1, 0.15) is 58.3 Å². The van der Waals surface area contributed by atoms with Crippen LogP contribution >= 0.6 is 0 Å². The molecule has 3 nitrogen and oxygen atoms in total. The van der Waals surface area contributed by atoms with E-state index in [-0.39, 0.29) is 17.0 Å². The van der Waals surface area contributed by atoms with Gasteiger partial charge in [-0.1, -0.05) is 6.92 Å². The summed E-state index contributed by atoms with van der Waals surface area (Å²) >= 11 is 0. The van der Waals surface area contributed by atoms with Crippen LogP contribution in [0.5, 0.6) is 0 Å². The Bertz CT molecular complexity index is 547. The first kappa shape index (κ1) is 13.5. The van der Waals surface area contributed by atoms with Crippen LogP contribution in [0.3, 0.4) is 0 Å². The predicted octanol–water partition coefficient (Wildman–Crippen LogP) is 3.58. The third-order valence-electron chi connectivity index (χ3n) is 7.16. The van der Waals surface area contributed by atoms with Crippen LogP contribution in [0, 0.1) is 29.1 Å². The monoisotopic (exact) mass is 288 g/mol. The van der Waals surface area contributed by atoms with Gasteiger partial charge < -0.3 is 5.11 Å². The van der Waals surface area contributed by atoms with Gasteiger partial charge in [-0.05, 0) is 67.8 Å². The molecule has 1 N–H and O–H groups in total. The molecule has 0 aromatic rings. The van der Waals surface area contributed by atoms with Gasteiger partial charge >= 0.3 is 0 Å². The molecule has 3 saturated carbocycles. The zero-order chi connectivity index (χ0) is 14.8. The lowest BCUT2D eigenvalue weighted by Crippen LogP contribution is -2.47. The van der Waals surface area contributed by atoms with Crippen molar-refractivity contribution in [3.8, 4) is 0 Å². The SMILES string of the molecule is C[C@]12CCC3C4CCC(=O)C(O)=C4CCC3C1CCC2=O. The lowest BCUT2D eigenvalue weighted by Gasteiger charge is -2.52. The van der Waals surface area contributed by atoms with Crippen LogP contribution in [0.15, 0.2) is 11.3 Å². The maximum Gasteiger partial charge on any atom is 0.197 e. The number of hydrogen-bond donors (Lipinski definition) is 1. The summed E-state index contributed by atoms with van der Waals surface area (Å²) in [5.41, 5.74) is 0.968. The van der Waals surface area contributed by atoms with Gasteiger partial charge in [-0.25, -0.2) is 0 Å². The normalized spacial score (nSPS) is 46.1. The van der Waals surface area contributed by atoms with Crippen molar-refractivity contribution in [1.29, 1.82) is 0 Å². The summed E-state index contributed by atoms with van der Waals surface area (Å²) in [6.07, 6.45) is 7.27. The first-order chi connectivity index (χ1) is 10.0. The van der Waals surface area contributed by atoms with E-state index in [9.17, 15) is 14.7 Å². The van der Waals surface area contributed by atoms with Gasteiger partial charge in [-0.3, -0.25) is 9.59 Å². The summed E-state index contributed by atoms with van der Waals surface area (Å²) in [6.45, 7) is 2.19. The Morgan fingerprint density at radius 2 is 1.81 bits per heavy atom. The second-order valence-corrected chi connectivity index (χ2v) is 7.83. The first-order valence-corrected chi connectivity index (χ1v) is 8.51. The van der Waals surface area contributed by atoms with E-state index >= 15 is 0 Å². The maximum atomic E-state index is 12.3. The predicted molar refractivity (Wildman–Crippen MR) is 78.7 cm³/mol. The molecule has 114 valence electrons. The Balaban J connectivity index is 1.67.